The van der Waals surface area contributed by atoms with Gasteiger partial charge in [0.25, 0.3) is 10.1 Å². The third-order valence-corrected chi connectivity index (χ3v) is 7.04. The third-order valence-electron chi connectivity index (χ3n) is 5.02. The summed E-state index contributed by atoms with van der Waals surface area (Å²) in [5.41, 5.74) is 8.03. The molecule has 0 saturated carbocycles. The van der Waals surface area contributed by atoms with Crippen LogP contribution in [0.4, 0.5) is 17.1 Å². The summed E-state index contributed by atoms with van der Waals surface area (Å²) >= 11 is 1.32. The van der Waals surface area contributed by atoms with Crippen molar-refractivity contribution in [2.24, 2.45) is 10.2 Å². The van der Waals surface area contributed by atoms with Crippen LogP contribution in [0, 0.1) is 0 Å². The number of rotatable bonds is 4. The number of phenolic OH excluding ortho intramolecular Hbond substituents is 1. The average Bonchev–Trinajstić information content (AvgIpc) is 3.23. The number of nitrogen functional groups attached to an aromatic ring is 1. The zero-order valence-corrected chi connectivity index (χ0v) is 18.5. The minimum absolute atomic E-state index is 0.339. The standard InChI is InChI=1S/C23H16N4O4S2/c24-14-6-4-5-13(11-14)23-25-18-10-9-16-17(22(18)32-23)12-19(33(29,30)31)20(21(16)28)27-26-15-7-2-1-3-8-15/h1-12,28H,24H2,(H,29,30,31). The molecule has 4 aromatic carbocycles. The molecule has 0 saturated heterocycles. The second kappa shape index (κ2) is 7.93. The maximum Gasteiger partial charge on any atom is 0.296 e. The van der Waals surface area contributed by atoms with E-state index in [1.807, 2.05) is 12.1 Å². The lowest BCUT2D eigenvalue weighted by Crippen LogP contribution is -1.99. The molecule has 5 rings (SSSR count). The van der Waals surface area contributed by atoms with Crippen molar-refractivity contribution in [2.45, 2.75) is 4.90 Å². The van der Waals surface area contributed by atoms with Crippen molar-refractivity contribution in [1.29, 1.82) is 0 Å². The molecular weight excluding hydrogens is 460 g/mol. The van der Waals surface area contributed by atoms with Crippen LogP contribution < -0.4 is 5.73 Å². The van der Waals surface area contributed by atoms with Gasteiger partial charge in [-0.25, -0.2) is 4.98 Å². The van der Waals surface area contributed by atoms with Gasteiger partial charge in [0.05, 0.1) is 15.9 Å². The number of azo groups is 1. The van der Waals surface area contributed by atoms with Gasteiger partial charge in [0.1, 0.15) is 15.6 Å². The Bertz CT molecular complexity index is 1660. The summed E-state index contributed by atoms with van der Waals surface area (Å²) in [4.78, 5) is 4.08. The lowest BCUT2D eigenvalue weighted by molar-refractivity contribution is 0.472. The summed E-state index contributed by atoms with van der Waals surface area (Å²) in [5, 5.41) is 20.3. The van der Waals surface area contributed by atoms with E-state index in [1.54, 1.807) is 54.6 Å². The fourth-order valence-electron chi connectivity index (χ4n) is 3.50. The molecule has 8 nitrogen and oxygen atoms in total. The second-order valence-corrected chi connectivity index (χ2v) is 9.62. The van der Waals surface area contributed by atoms with Gasteiger partial charge >= 0.3 is 0 Å². The van der Waals surface area contributed by atoms with Crippen LogP contribution in [0.15, 0.2) is 87.9 Å². The number of hydrogen-bond acceptors (Lipinski definition) is 8. The smallest absolute Gasteiger partial charge is 0.296 e. The monoisotopic (exact) mass is 476 g/mol. The van der Waals surface area contributed by atoms with E-state index in [2.05, 4.69) is 15.2 Å². The summed E-state index contributed by atoms with van der Waals surface area (Å²) < 4.78 is 34.9. The van der Waals surface area contributed by atoms with Crippen LogP contribution in [0.1, 0.15) is 0 Å². The van der Waals surface area contributed by atoms with E-state index in [-0.39, 0.29) is 5.69 Å². The van der Waals surface area contributed by atoms with E-state index >= 15 is 0 Å². The Morgan fingerprint density at radius 2 is 1.70 bits per heavy atom. The van der Waals surface area contributed by atoms with Crippen LogP contribution in [0.2, 0.25) is 0 Å². The van der Waals surface area contributed by atoms with Gasteiger partial charge in [-0.2, -0.15) is 13.5 Å². The van der Waals surface area contributed by atoms with Crippen LogP contribution in [0.5, 0.6) is 5.75 Å². The number of nitrogens with two attached hydrogens (primary N) is 1. The molecule has 1 aromatic heterocycles. The number of hydrogen-bond donors (Lipinski definition) is 3. The Morgan fingerprint density at radius 1 is 0.909 bits per heavy atom. The lowest BCUT2D eigenvalue weighted by atomic mass is 10.1. The second-order valence-electron chi connectivity index (χ2n) is 7.24. The van der Waals surface area contributed by atoms with Crippen molar-refractivity contribution in [3.8, 4) is 16.3 Å². The van der Waals surface area contributed by atoms with Crippen LogP contribution >= 0.6 is 11.3 Å². The molecule has 0 amide bonds. The number of anilines is 1. The fraction of sp³-hybridized carbons (Fsp3) is 0. The van der Waals surface area contributed by atoms with Crippen molar-refractivity contribution in [1.82, 2.24) is 4.98 Å². The Kier molecular flexibility index (Phi) is 5.05. The first-order chi connectivity index (χ1) is 15.8. The fourth-order valence-corrected chi connectivity index (χ4v) is 5.22. The van der Waals surface area contributed by atoms with Gasteiger partial charge in [0.15, 0.2) is 5.75 Å². The van der Waals surface area contributed by atoms with E-state index in [4.69, 9.17) is 5.73 Å². The maximum atomic E-state index is 12.2. The Morgan fingerprint density at radius 3 is 2.42 bits per heavy atom. The minimum atomic E-state index is -4.72. The number of aromatic nitrogens is 1. The number of aromatic hydroxyl groups is 1. The summed E-state index contributed by atoms with van der Waals surface area (Å²) in [6.07, 6.45) is 0. The molecule has 10 heteroatoms. The predicted octanol–water partition coefficient (Wildman–Crippen LogP) is 6.07. The number of benzene rings is 4. The third kappa shape index (κ3) is 3.91. The molecule has 33 heavy (non-hydrogen) atoms. The topological polar surface area (TPSA) is 138 Å². The van der Waals surface area contributed by atoms with Crippen LogP contribution in [-0.2, 0) is 10.1 Å². The average molecular weight is 477 g/mol. The van der Waals surface area contributed by atoms with E-state index in [1.165, 1.54) is 17.4 Å². The highest BCUT2D eigenvalue weighted by Gasteiger charge is 2.23. The molecule has 5 aromatic rings. The first-order valence-corrected chi connectivity index (χ1v) is 12.0. The lowest BCUT2D eigenvalue weighted by Gasteiger charge is -2.09. The predicted molar refractivity (Wildman–Crippen MR) is 129 cm³/mol. The van der Waals surface area contributed by atoms with Crippen molar-refractivity contribution in [3.05, 3.63) is 72.8 Å². The highest BCUT2D eigenvalue weighted by Crippen LogP contribution is 2.45. The maximum absolute atomic E-state index is 12.2. The molecule has 0 aliphatic rings. The van der Waals surface area contributed by atoms with Gasteiger partial charge in [0, 0.05) is 22.0 Å². The summed E-state index contributed by atoms with van der Waals surface area (Å²) in [7, 11) is -4.72. The summed E-state index contributed by atoms with van der Waals surface area (Å²) in [6, 6.07) is 20.5. The van der Waals surface area contributed by atoms with Gasteiger partial charge in [-0.05, 0) is 42.5 Å². The quantitative estimate of drug-likeness (QED) is 0.164. The first kappa shape index (κ1) is 21.0. The van der Waals surface area contributed by atoms with Crippen LogP contribution in [-0.4, -0.2) is 23.1 Å². The summed E-state index contributed by atoms with van der Waals surface area (Å²) in [6.45, 7) is 0. The molecule has 0 aliphatic heterocycles. The number of thiazole rings is 1. The van der Waals surface area contributed by atoms with Gasteiger partial charge < -0.3 is 10.8 Å². The van der Waals surface area contributed by atoms with E-state index in [0.717, 1.165) is 5.56 Å². The van der Waals surface area contributed by atoms with Crippen molar-refractivity contribution in [3.63, 3.8) is 0 Å². The molecule has 0 radical (unpaired) electrons. The van der Waals surface area contributed by atoms with E-state index < -0.39 is 20.8 Å². The molecule has 0 atom stereocenters. The van der Waals surface area contributed by atoms with Crippen molar-refractivity contribution in [2.75, 3.05) is 5.73 Å². The molecule has 0 spiro atoms. The number of fused-ring (bicyclic) bond motifs is 3. The van der Waals surface area contributed by atoms with E-state index in [9.17, 15) is 18.1 Å². The van der Waals surface area contributed by atoms with Gasteiger partial charge in [-0.15, -0.1) is 16.5 Å². The molecule has 0 fully saturated rings. The van der Waals surface area contributed by atoms with Crippen molar-refractivity contribution < 1.29 is 18.1 Å². The van der Waals surface area contributed by atoms with E-state index in [0.29, 0.717) is 37.4 Å². The Hall–Kier alpha value is -3.86. The van der Waals surface area contributed by atoms with Gasteiger partial charge in [0.2, 0.25) is 0 Å². The zero-order chi connectivity index (χ0) is 23.2. The molecule has 4 N–H and O–H groups in total. The molecule has 0 unspecified atom stereocenters. The minimum Gasteiger partial charge on any atom is -0.505 e. The molecule has 164 valence electrons. The number of nitrogens with zero attached hydrogens (tertiary/aromatic N) is 3. The molecule has 0 aliphatic carbocycles. The van der Waals surface area contributed by atoms with Gasteiger partial charge in [-0.1, -0.05) is 30.3 Å². The van der Waals surface area contributed by atoms with Crippen LogP contribution in [0.3, 0.4) is 0 Å². The number of phenols is 1. The highest BCUT2D eigenvalue weighted by molar-refractivity contribution is 7.86. The molecule has 1 heterocycles. The SMILES string of the molecule is Nc1cccc(-c2nc3ccc4c(O)c(N=Nc5ccccc5)c(S(=O)(=O)O)cc4c3s2)c1. The first-order valence-electron chi connectivity index (χ1n) is 9.71. The normalized spacial score (nSPS) is 12.2. The molecule has 0 bridgehead atoms. The zero-order valence-electron chi connectivity index (χ0n) is 16.9. The van der Waals surface area contributed by atoms with Crippen LogP contribution in [0.25, 0.3) is 31.6 Å². The molecular formula is C23H16N4O4S2. The largest absolute Gasteiger partial charge is 0.505 e. The van der Waals surface area contributed by atoms with Gasteiger partial charge in [-0.3, -0.25) is 4.55 Å². The Labute approximate surface area is 192 Å². The Balaban J connectivity index is 1.75. The highest BCUT2D eigenvalue weighted by atomic mass is 32.2. The van der Waals surface area contributed by atoms with Crippen molar-refractivity contribution >= 4 is 59.5 Å². The summed E-state index contributed by atoms with van der Waals surface area (Å²) in [5.74, 6) is -0.402.